The van der Waals surface area contributed by atoms with Gasteiger partial charge < -0.3 is 40.3 Å². The first-order valence-corrected chi connectivity index (χ1v) is 21.0. The van der Waals surface area contributed by atoms with Gasteiger partial charge in [0.25, 0.3) is 0 Å². The zero-order chi connectivity index (χ0) is 37.9. The summed E-state index contributed by atoms with van der Waals surface area (Å²) in [5, 5.41) is 54.9. The van der Waals surface area contributed by atoms with Crippen LogP contribution in [0, 0.1) is 0 Å². The van der Waals surface area contributed by atoms with E-state index in [1.807, 2.05) is 12.2 Å². The van der Waals surface area contributed by atoms with Crippen LogP contribution in [-0.4, -0.2) is 107 Å². The molecule has 302 valence electrons. The van der Waals surface area contributed by atoms with Crippen molar-refractivity contribution in [2.75, 3.05) is 13.2 Å². The van der Waals surface area contributed by atoms with Crippen molar-refractivity contribution in [1.82, 2.24) is 5.32 Å². The Morgan fingerprint density at radius 2 is 1.27 bits per heavy atom. The summed E-state index contributed by atoms with van der Waals surface area (Å²) in [5.74, 6) is -0.707. The molecular weight excluding hydrogens is 682 g/mol. The second kappa shape index (κ2) is 29.2. The smallest absolute Gasteiger partial charge is 0.394 e. The van der Waals surface area contributed by atoms with Crippen molar-refractivity contribution < 1.29 is 57.0 Å². The van der Waals surface area contributed by atoms with Gasteiger partial charge in [-0.15, -0.1) is 0 Å². The van der Waals surface area contributed by atoms with Crippen molar-refractivity contribution in [2.45, 2.75) is 204 Å². The maximum absolute atomic E-state index is 12.9. The van der Waals surface area contributed by atoms with E-state index < -0.39 is 78.5 Å². The minimum atomic E-state index is -5.10. The predicted molar refractivity (Wildman–Crippen MR) is 196 cm³/mol. The molecule has 1 aliphatic rings. The van der Waals surface area contributed by atoms with Crippen molar-refractivity contribution >= 4 is 16.3 Å². The van der Waals surface area contributed by atoms with Gasteiger partial charge in [0, 0.05) is 0 Å². The third-order valence-corrected chi connectivity index (χ3v) is 9.91. The second-order valence-corrected chi connectivity index (χ2v) is 15.1. The average Bonchev–Trinajstić information content (AvgIpc) is 3.09. The first kappa shape index (κ1) is 47.8. The molecule has 0 spiro atoms. The number of amides is 1. The van der Waals surface area contributed by atoms with Gasteiger partial charge in [-0.1, -0.05) is 135 Å². The van der Waals surface area contributed by atoms with E-state index in [9.17, 15) is 38.7 Å². The Labute approximate surface area is 307 Å². The number of ether oxygens (including phenoxy) is 2. The summed E-state index contributed by atoms with van der Waals surface area (Å²) in [7, 11) is -5.10. The molecule has 0 aromatic carbocycles. The van der Waals surface area contributed by atoms with Crippen LogP contribution in [-0.2, 0) is 28.9 Å². The first-order chi connectivity index (χ1) is 24.4. The summed E-state index contributed by atoms with van der Waals surface area (Å²) in [5.41, 5.74) is 0. The number of unbranched alkanes of at least 4 members (excludes halogenated alkanes) is 17. The summed E-state index contributed by atoms with van der Waals surface area (Å²) >= 11 is 0. The van der Waals surface area contributed by atoms with Crippen LogP contribution in [0.4, 0.5) is 0 Å². The van der Waals surface area contributed by atoms with Gasteiger partial charge >= 0.3 is 10.4 Å². The van der Waals surface area contributed by atoms with Crippen LogP contribution in [0.2, 0.25) is 0 Å². The molecule has 1 amide bonds. The molecule has 14 heteroatoms. The molecule has 1 aliphatic heterocycles. The van der Waals surface area contributed by atoms with Gasteiger partial charge in [0.05, 0.1) is 25.4 Å². The molecular formula is C37H71NO12S. The van der Waals surface area contributed by atoms with Crippen molar-refractivity contribution in [3.8, 4) is 0 Å². The molecule has 51 heavy (non-hydrogen) atoms. The Kier molecular flexibility index (Phi) is 27.4. The fourth-order valence-corrected chi connectivity index (χ4v) is 6.74. The van der Waals surface area contributed by atoms with Crippen LogP contribution in [0.1, 0.15) is 155 Å². The number of hydrogen-bond donors (Lipinski definition) is 7. The van der Waals surface area contributed by atoms with Crippen LogP contribution in [0.5, 0.6) is 0 Å². The Balaban J connectivity index is 2.67. The van der Waals surface area contributed by atoms with Crippen LogP contribution < -0.4 is 5.32 Å². The van der Waals surface area contributed by atoms with Crippen LogP contribution in [0.25, 0.3) is 0 Å². The maximum Gasteiger partial charge on any atom is 0.397 e. The number of carbonyl (C=O) groups excluding carboxylic acids is 1. The summed E-state index contributed by atoms with van der Waals surface area (Å²) < 4.78 is 47.3. The molecule has 1 rings (SSSR count). The number of nitrogens with one attached hydrogen (secondary N) is 1. The zero-order valence-electron chi connectivity index (χ0n) is 31.3. The molecule has 0 saturated carbocycles. The largest absolute Gasteiger partial charge is 0.397 e. The van der Waals surface area contributed by atoms with Crippen LogP contribution in [0.15, 0.2) is 12.2 Å². The van der Waals surface area contributed by atoms with E-state index in [4.69, 9.17) is 14.0 Å². The zero-order valence-corrected chi connectivity index (χ0v) is 32.1. The number of carbonyl (C=O) groups is 1. The quantitative estimate of drug-likeness (QED) is 0.0274. The van der Waals surface area contributed by atoms with Crippen molar-refractivity contribution in [1.29, 1.82) is 0 Å². The molecule has 1 saturated heterocycles. The Morgan fingerprint density at radius 3 is 1.80 bits per heavy atom. The van der Waals surface area contributed by atoms with Gasteiger partial charge in [0.2, 0.25) is 5.91 Å². The van der Waals surface area contributed by atoms with Gasteiger partial charge in [-0.2, -0.15) is 8.42 Å². The molecule has 8 unspecified atom stereocenters. The molecule has 0 aromatic heterocycles. The lowest BCUT2D eigenvalue weighted by Crippen LogP contribution is -2.61. The van der Waals surface area contributed by atoms with Crippen LogP contribution in [0.3, 0.4) is 0 Å². The summed E-state index contributed by atoms with van der Waals surface area (Å²) in [6, 6.07) is -1.04. The van der Waals surface area contributed by atoms with Crippen molar-refractivity contribution in [3.05, 3.63) is 12.2 Å². The Morgan fingerprint density at radius 1 is 0.765 bits per heavy atom. The van der Waals surface area contributed by atoms with Gasteiger partial charge in [-0.05, 0) is 32.1 Å². The highest BCUT2D eigenvalue weighted by molar-refractivity contribution is 7.80. The van der Waals surface area contributed by atoms with Gasteiger partial charge in [-0.25, -0.2) is 4.18 Å². The van der Waals surface area contributed by atoms with Gasteiger partial charge in [-0.3, -0.25) is 9.35 Å². The number of allylic oxidation sites excluding steroid dienone is 2. The molecule has 1 heterocycles. The molecule has 0 aromatic rings. The normalized spacial score (nSPS) is 23.0. The van der Waals surface area contributed by atoms with E-state index in [2.05, 4.69) is 23.3 Å². The topological polar surface area (TPSA) is 212 Å². The molecule has 0 bridgehead atoms. The van der Waals surface area contributed by atoms with E-state index in [1.54, 1.807) is 0 Å². The van der Waals surface area contributed by atoms with E-state index >= 15 is 0 Å². The van der Waals surface area contributed by atoms with Crippen molar-refractivity contribution in [2.24, 2.45) is 0 Å². The van der Waals surface area contributed by atoms with Gasteiger partial charge in [0.15, 0.2) is 6.29 Å². The Hall–Kier alpha value is -1.20. The second-order valence-electron chi connectivity index (χ2n) is 14.0. The number of aliphatic hydroxyl groups is 5. The highest BCUT2D eigenvalue weighted by atomic mass is 32.3. The monoisotopic (exact) mass is 753 g/mol. The fraction of sp³-hybridized carbons (Fsp3) is 0.919. The molecule has 8 atom stereocenters. The SMILES string of the molecule is CCCCCC/C=C\CCC(O)C(=O)NC(COC1OC(CO)C(O)C(OS(=O)(=O)O)C1O)C(O)CCCCCCCCCCCCCCCC. The highest BCUT2D eigenvalue weighted by Crippen LogP contribution is 2.26. The Bertz CT molecular complexity index is 1000. The molecule has 13 nitrogen and oxygen atoms in total. The number of aliphatic hydroxyl groups excluding tert-OH is 5. The van der Waals surface area contributed by atoms with Crippen molar-refractivity contribution in [3.63, 3.8) is 0 Å². The fourth-order valence-electron chi connectivity index (χ4n) is 6.23. The number of rotatable bonds is 32. The summed E-state index contributed by atoms with van der Waals surface area (Å²) in [4.78, 5) is 12.9. The minimum absolute atomic E-state index is 0.176. The lowest BCUT2D eigenvalue weighted by Gasteiger charge is -2.41. The molecule has 7 N–H and O–H groups in total. The highest BCUT2D eigenvalue weighted by Gasteiger charge is 2.48. The minimum Gasteiger partial charge on any atom is -0.394 e. The third-order valence-electron chi connectivity index (χ3n) is 9.44. The summed E-state index contributed by atoms with van der Waals surface area (Å²) in [6.45, 7) is 3.17. The molecule has 0 aliphatic carbocycles. The standard InChI is InChI=1S/C37H71NO12S/c1-3-5-7-9-11-13-14-15-16-17-18-20-21-23-25-30(40)29(38-36(44)31(41)26-24-22-19-12-10-8-6-4-2)28-48-37-34(43)35(50-51(45,46)47)33(42)32(27-39)49-37/h19,22,29-35,37,39-43H,3-18,20-21,23-28H2,1-2H3,(H,38,44)(H,45,46,47)/b22-19-. The molecule has 1 fully saturated rings. The third kappa shape index (κ3) is 22.6. The van der Waals surface area contributed by atoms with E-state index in [0.29, 0.717) is 19.3 Å². The summed E-state index contributed by atoms with van der Waals surface area (Å²) in [6.07, 6.45) is 15.9. The van der Waals surface area contributed by atoms with E-state index in [-0.39, 0.29) is 6.42 Å². The van der Waals surface area contributed by atoms with E-state index in [0.717, 1.165) is 44.9 Å². The van der Waals surface area contributed by atoms with Gasteiger partial charge in [0.1, 0.15) is 30.5 Å². The first-order valence-electron chi connectivity index (χ1n) is 19.7. The van der Waals surface area contributed by atoms with E-state index in [1.165, 1.54) is 70.6 Å². The number of hydrogen-bond acceptors (Lipinski definition) is 11. The molecule has 0 radical (unpaired) electrons. The lowest BCUT2D eigenvalue weighted by atomic mass is 9.99. The lowest BCUT2D eigenvalue weighted by molar-refractivity contribution is -0.298. The van der Waals surface area contributed by atoms with Crippen LogP contribution >= 0.6 is 0 Å². The average molecular weight is 754 g/mol. The maximum atomic E-state index is 12.9. The predicted octanol–water partition coefficient (Wildman–Crippen LogP) is 5.01.